The van der Waals surface area contributed by atoms with Crippen LogP contribution in [0, 0.1) is 0 Å². The third-order valence-corrected chi connectivity index (χ3v) is 7.19. The highest BCUT2D eigenvalue weighted by Gasteiger charge is 2.36. The molecule has 1 atom stereocenters. The van der Waals surface area contributed by atoms with Crippen molar-refractivity contribution < 1.29 is 17.9 Å². The van der Waals surface area contributed by atoms with Crippen LogP contribution in [0.2, 0.25) is 0 Å². The van der Waals surface area contributed by atoms with Crippen molar-refractivity contribution in [1.82, 2.24) is 14.6 Å². The molecule has 1 saturated heterocycles. The van der Waals surface area contributed by atoms with Gasteiger partial charge in [-0.2, -0.15) is 4.31 Å². The van der Waals surface area contributed by atoms with E-state index in [2.05, 4.69) is 10.3 Å². The molecule has 1 unspecified atom stereocenters. The van der Waals surface area contributed by atoms with Crippen LogP contribution in [-0.4, -0.2) is 48.5 Å². The number of carbonyl (C=O) groups is 1. The first-order valence-corrected chi connectivity index (χ1v) is 11.5. The van der Waals surface area contributed by atoms with Gasteiger partial charge in [0.15, 0.2) is 0 Å². The van der Waals surface area contributed by atoms with Crippen LogP contribution < -0.4 is 5.32 Å². The summed E-state index contributed by atoms with van der Waals surface area (Å²) in [5.74, 6) is 0.391. The van der Waals surface area contributed by atoms with Gasteiger partial charge in [-0.3, -0.25) is 4.98 Å². The number of fused-ring (bicyclic) bond motifs is 1. The van der Waals surface area contributed by atoms with E-state index in [4.69, 9.17) is 4.74 Å². The van der Waals surface area contributed by atoms with Crippen molar-refractivity contribution in [2.24, 2.45) is 0 Å². The van der Waals surface area contributed by atoms with E-state index in [-0.39, 0.29) is 12.6 Å². The summed E-state index contributed by atoms with van der Waals surface area (Å²) in [5, 5.41) is 4.42. The molecule has 4 rings (SSSR count). The zero-order chi connectivity index (χ0) is 20.8. The topological polar surface area (TPSA) is 88.6 Å². The number of hydrogen-bond donors (Lipinski definition) is 1. The number of alkyl carbamates (subject to hydrolysis) is 1. The zero-order valence-corrected chi connectivity index (χ0v) is 17.8. The number of ether oxygens (including phenoxy) is 1. The maximum atomic E-state index is 13.5. The van der Waals surface area contributed by atoms with Gasteiger partial charge in [0.05, 0.1) is 4.90 Å². The molecule has 156 valence electrons. The first-order valence-electron chi connectivity index (χ1n) is 10.0. The van der Waals surface area contributed by atoms with Crippen molar-refractivity contribution in [2.45, 2.75) is 62.5 Å². The molecule has 1 saturated carbocycles. The van der Waals surface area contributed by atoms with E-state index in [0.717, 1.165) is 29.2 Å². The lowest BCUT2D eigenvalue weighted by Gasteiger charge is -2.22. The fraction of sp³-hybridized carbons (Fsp3) is 0.524. The highest BCUT2D eigenvalue weighted by molar-refractivity contribution is 7.89. The number of nitrogens with one attached hydrogen (secondary N) is 1. The number of pyridine rings is 1. The molecule has 2 aliphatic rings. The van der Waals surface area contributed by atoms with Gasteiger partial charge in [-0.1, -0.05) is 12.1 Å². The predicted octanol–water partition coefficient (Wildman–Crippen LogP) is 3.40. The molecule has 2 aromatic rings. The minimum atomic E-state index is -3.68. The number of nitrogens with zero attached hydrogens (tertiary/aromatic N) is 2. The third kappa shape index (κ3) is 4.23. The standard InChI is InChI=1S/C21H27N3O4S/c1-21(2,3)28-20(25)23-16-9-10-24(13-16)29(26,27)18-6-4-5-15-11-22-12-17(19(15)18)14-7-8-14/h4-6,11-12,14,16H,7-10,13H2,1-3H3,(H,23,25). The number of benzene rings is 1. The van der Waals surface area contributed by atoms with Gasteiger partial charge in [0.25, 0.3) is 0 Å². The van der Waals surface area contributed by atoms with Crippen LogP contribution in [0.4, 0.5) is 4.79 Å². The number of rotatable bonds is 4. The smallest absolute Gasteiger partial charge is 0.407 e. The minimum Gasteiger partial charge on any atom is -0.444 e. The molecular weight excluding hydrogens is 390 g/mol. The molecule has 1 aliphatic heterocycles. The summed E-state index contributed by atoms with van der Waals surface area (Å²) >= 11 is 0. The monoisotopic (exact) mass is 417 g/mol. The van der Waals surface area contributed by atoms with Gasteiger partial charge in [-0.25, -0.2) is 13.2 Å². The lowest BCUT2D eigenvalue weighted by molar-refractivity contribution is 0.0507. The highest BCUT2D eigenvalue weighted by Crippen LogP contribution is 2.44. The second-order valence-corrected chi connectivity index (χ2v) is 10.8. The van der Waals surface area contributed by atoms with E-state index in [1.54, 1.807) is 45.3 Å². The Morgan fingerprint density at radius 2 is 1.97 bits per heavy atom. The van der Waals surface area contributed by atoms with Crippen molar-refractivity contribution in [1.29, 1.82) is 0 Å². The maximum Gasteiger partial charge on any atom is 0.407 e. The average Bonchev–Trinajstić information content (AvgIpc) is 3.37. The Morgan fingerprint density at radius 1 is 1.21 bits per heavy atom. The number of sulfonamides is 1. The van der Waals surface area contributed by atoms with E-state index < -0.39 is 21.7 Å². The SMILES string of the molecule is CC(C)(C)OC(=O)NC1CCN(S(=O)(=O)c2cccc3cncc(C4CC4)c23)C1. The van der Waals surface area contributed by atoms with Gasteiger partial charge in [0, 0.05) is 42.3 Å². The Bertz CT molecular complexity index is 1040. The summed E-state index contributed by atoms with van der Waals surface area (Å²) in [6.07, 6.45) is 5.70. The van der Waals surface area contributed by atoms with Gasteiger partial charge in [0.2, 0.25) is 10.0 Å². The van der Waals surface area contributed by atoms with Gasteiger partial charge < -0.3 is 10.1 Å². The molecule has 1 aromatic heterocycles. The second kappa shape index (κ2) is 7.25. The van der Waals surface area contributed by atoms with Crippen LogP contribution in [0.3, 0.4) is 0 Å². The maximum absolute atomic E-state index is 13.5. The van der Waals surface area contributed by atoms with Gasteiger partial charge >= 0.3 is 6.09 Å². The van der Waals surface area contributed by atoms with E-state index >= 15 is 0 Å². The van der Waals surface area contributed by atoms with Gasteiger partial charge in [-0.15, -0.1) is 0 Å². The normalized spacial score (nSPS) is 20.7. The molecule has 7 nitrogen and oxygen atoms in total. The number of aromatic nitrogens is 1. The van der Waals surface area contributed by atoms with Crippen molar-refractivity contribution in [2.75, 3.05) is 13.1 Å². The number of amides is 1. The first kappa shape index (κ1) is 20.1. The van der Waals surface area contributed by atoms with Crippen molar-refractivity contribution >= 4 is 26.9 Å². The molecule has 1 N–H and O–H groups in total. The van der Waals surface area contributed by atoms with E-state index in [9.17, 15) is 13.2 Å². The summed E-state index contributed by atoms with van der Waals surface area (Å²) in [4.78, 5) is 16.7. The number of hydrogen-bond acceptors (Lipinski definition) is 5. The molecule has 0 spiro atoms. The van der Waals surface area contributed by atoms with E-state index in [1.807, 2.05) is 6.07 Å². The molecule has 1 amide bonds. The second-order valence-electron chi connectivity index (χ2n) is 8.85. The summed E-state index contributed by atoms with van der Waals surface area (Å²) < 4.78 is 33.7. The molecule has 1 aliphatic carbocycles. The fourth-order valence-corrected chi connectivity index (χ4v) is 5.57. The summed E-state index contributed by atoms with van der Waals surface area (Å²) in [6.45, 7) is 5.99. The Labute approximate surface area is 171 Å². The predicted molar refractivity (Wildman–Crippen MR) is 110 cm³/mol. The fourth-order valence-electron chi connectivity index (χ4n) is 3.82. The van der Waals surface area contributed by atoms with Crippen LogP contribution in [0.15, 0.2) is 35.5 Å². The van der Waals surface area contributed by atoms with Gasteiger partial charge in [-0.05, 0) is 57.6 Å². The lowest BCUT2D eigenvalue weighted by atomic mass is 10.0. The minimum absolute atomic E-state index is 0.238. The molecule has 2 fully saturated rings. The summed E-state index contributed by atoms with van der Waals surface area (Å²) in [6, 6.07) is 5.08. The first-order chi connectivity index (χ1) is 13.6. The van der Waals surface area contributed by atoms with E-state index in [1.165, 1.54) is 4.31 Å². The Balaban J connectivity index is 1.58. The third-order valence-electron chi connectivity index (χ3n) is 5.28. The van der Waals surface area contributed by atoms with Crippen LogP contribution in [0.1, 0.15) is 51.5 Å². The van der Waals surface area contributed by atoms with Crippen LogP contribution >= 0.6 is 0 Å². The molecule has 8 heteroatoms. The lowest BCUT2D eigenvalue weighted by Crippen LogP contribution is -2.41. The van der Waals surface area contributed by atoms with Crippen LogP contribution in [0.25, 0.3) is 10.8 Å². The van der Waals surface area contributed by atoms with Gasteiger partial charge in [0.1, 0.15) is 5.60 Å². The quantitative estimate of drug-likeness (QED) is 0.824. The van der Waals surface area contributed by atoms with Crippen molar-refractivity contribution in [3.05, 3.63) is 36.2 Å². The molecule has 1 aromatic carbocycles. The largest absolute Gasteiger partial charge is 0.444 e. The van der Waals surface area contributed by atoms with E-state index in [0.29, 0.717) is 23.8 Å². The molecular formula is C21H27N3O4S. The highest BCUT2D eigenvalue weighted by atomic mass is 32.2. The molecule has 0 bridgehead atoms. The zero-order valence-electron chi connectivity index (χ0n) is 17.0. The van der Waals surface area contributed by atoms with Crippen LogP contribution in [-0.2, 0) is 14.8 Å². The average molecular weight is 418 g/mol. The molecule has 29 heavy (non-hydrogen) atoms. The summed E-state index contributed by atoms with van der Waals surface area (Å²) in [5.41, 5.74) is 0.425. The Hall–Kier alpha value is -2.19. The molecule has 0 radical (unpaired) electrons. The Morgan fingerprint density at radius 3 is 2.66 bits per heavy atom. The van der Waals surface area contributed by atoms with Crippen molar-refractivity contribution in [3.8, 4) is 0 Å². The number of carbonyl (C=O) groups excluding carboxylic acids is 1. The Kier molecular flexibility index (Phi) is 5.02. The summed E-state index contributed by atoms with van der Waals surface area (Å²) in [7, 11) is -3.68. The van der Waals surface area contributed by atoms with Crippen molar-refractivity contribution in [3.63, 3.8) is 0 Å². The van der Waals surface area contributed by atoms with Crippen LogP contribution in [0.5, 0.6) is 0 Å². The molecule has 2 heterocycles.